The number of nitrogens with zero attached hydrogens (tertiary/aromatic N) is 1. The van der Waals surface area contributed by atoms with Crippen LogP contribution in [-0.2, 0) is 36.8 Å². The Labute approximate surface area is 166 Å². The number of morpholine rings is 1. The van der Waals surface area contributed by atoms with Gasteiger partial charge in [-0.05, 0) is 23.3 Å². The maximum Gasteiger partial charge on any atom is 0.336 e. The first-order valence-corrected chi connectivity index (χ1v) is 9.49. The summed E-state index contributed by atoms with van der Waals surface area (Å²) in [6.07, 6.45) is -0.279. The van der Waals surface area contributed by atoms with Crippen molar-refractivity contribution in [1.82, 2.24) is 0 Å². The van der Waals surface area contributed by atoms with Gasteiger partial charge in [-0.2, -0.15) is 0 Å². The van der Waals surface area contributed by atoms with Gasteiger partial charge in [0.05, 0.1) is 13.2 Å². The van der Waals surface area contributed by atoms with E-state index in [1.807, 2.05) is 42.5 Å². The second-order valence-corrected chi connectivity index (χ2v) is 6.63. The van der Waals surface area contributed by atoms with Crippen LogP contribution in [0, 0.1) is 0 Å². The average molecular weight is 385 g/mol. The molecule has 1 aliphatic heterocycles. The molecule has 0 saturated carbocycles. The Balaban J connectivity index is 1.58. The Hall–Kier alpha value is -2.41. The SMILES string of the molecule is COCO[C@H](Cc1ccc(N2CCOCC2)cc1)C(=O)OCc1ccccc1. The molecule has 0 bridgehead atoms. The normalized spacial score (nSPS) is 15.2. The highest BCUT2D eigenvalue weighted by atomic mass is 16.7. The number of rotatable bonds is 9. The molecular formula is C22H27NO5. The number of anilines is 1. The van der Waals surface area contributed by atoms with E-state index in [-0.39, 0.29) is 13.4 Å². The summed E-state index contributed by atoms with van der Waals surface area (Å²) in [4.78, 5) is 14.8. The lowest BCUT2D eigenvalue weighted by Gasteiger charge is -2.29. The van der Waals surface area contributed by atoms with E-state index < -0.39 is 12.1 Å². The van der Waals surface area contributed by atoms with Crippen LogP contribution < -0.4 is 4.90 Å². The summed E-state index contributed by atoms with van der Waals surface area (Å²) in [7, 11) is 1.53. The molecule has 0 unspecified atom stereocenters. The molecule has 0 radical (unpaired) electrons. The van der Waals surface area contributed by atoms with Crippen molar-refractivity contribution in [2.45, 2.75) is 19.1 Å². The van der Waals surface area contributed by atoms with E-state index in [4.69, 9.17) is 18.9 Å². The van der Waals surface area contributed by atoms with Gasteiger partial charge >= 0.3 is 5.97 Å². The molecule has 2 aromatic rings. The molecule has 1 saturated heterocycles. The molecule has 0 spiro atoms. The lowest BCUT2D eigenvalue weighted by molar-refractivity contribution is -0.166. The van der Waals surface area contributed by atoms with Gasteiger partial charge in [0.2, 0.25) is 0 Å². The molecule has 0 N–H and O–H groups in total. The highest BCUT2D eigenvalue weighted by Crippen LogP contribution is 2.18. The lowest BCUT2D eigenvalue weighted by Crippen LogP contribution is -2.36. The van der Waals surface area contributed by atoms with Crippen molar-refractivity contribution >= 4 is 11.7 Å². The van der Waals surface area contributed by atoms with Crippen molar-refractivity contribution in [3.05, 3.63) is 65.7 Å². The topological polar surface area (TPSA) is 57.2 Å². The van der Waals surface area contributed by atoms with Crippen molar-refractivity contribution < 1.29 is 23.7 Å². The van der Waals surface area contributed by atoms with Crippen LogP contribution in [0.4, 0.5) is 5.69 Å². The summed E-state index contributed by atoms with van der Waals surface area (Å²) >= 11 is 0. The first-order chi connectivity index (χ1) is 13.8. The van der Waals surface area contributed by atoms with Crippen LogP contribution in [0.25, 0.3) is 0 Å². The minimum atomic E-state index is -0.710. The van der Waals surface area contributed by atoms with E-state index >= 15 is 0 Å². The number of benzene rings is 2. The summed E-state index contributed by atoms with van der Waals surface area (Å²) in [6.45, 7) is 3.55. The molecule has 3 rings (SSSR count). The van der Waals surface area contributed by atoms with Crippen molar-refractivity contribution in [2.75, 3.05) is 45.1 Å². The first kappa shape index (κ1) is 20.3. The summed E-state index contributed by atoms with van der Waals surface area (Å²) < 4.78 is 21.4. The summed E-state index contributed by atoms with van der Waals surface area (Å²) in [5, 5.41) is 0. The Morgan fingerprint density at radius 3 is 2.43 bits per heavy atom. The van der Waals surface area contributed by atoms with Crippen LogP contribution in [0.1, 0.15) is 11.1 Å². The first-order valence-electron chi connectivity index (χ1n) is 9.49. The molecule has 1 fully saturated rings. The number of ether oxygens (including phenoxy) is 4. The third kappa shape index (κ3) is 6.05. The zero-order valence-corrected chi connectivity index (χ0v) is 16.2. The molecule has 6 heteroatoms. The Kier molecular flexibility index (Phi) is 7.84. The molecule has 1 atom stereocenters. The van der Waals surface area contributed by atoms with Crippen molar-refractivity contribution in [2.24, 2.45) is 0 Å². The summed E-state index contributed by atoms with van der Waals surface area (Å²) in [5.74, 6) is -0.391. The van der Waals surface area contributed by atoms with Crippen molar-refractivity contribution in [3.63, 3.8) is 0 Å². The van der Waals surface area contributed by atoms with E-state index in [2.05, 4.69) is 17.0 Å². The molecule has 0 aromatic heterocycles. The van der Waals surface area contributed by atoms with Gasteiger partial charge in [0.25, 0.3) is 0 Å². The van der Waals surface area contributed by atoms with Gasteiger partial charge < -0.3 is 23.8 Å². The van der Waals surface area contributed by atoms with Crippen LogP contribution in [0.3, 0.4) is 0 Å². The fourth-order valence-electron chi connectivity index (χ4n) is 3.06. The van der Waals surface area contributed by atoms with Crippen LogP contribution in [-0.4, -0.2) is 52.3 Å². The van der Waals surface area contributed by atoms with E-state index in [1.54, 1.807) is 0 Å². The van der Waals surface area contributed by atoms with Crippen LogP contribution in [0.15, 0.2) is 54.6 Å². The van der Waals surface area contributed by atoms with Gasteiger partial charge in [-0.1, -0.05) is 42.5 Å². The molecule has 28 heavy (non-hydrogen) atoms. The monoisotopic (exact) mass is 385 g/mol. The number of carbonyl (C=O) groups excluding carboxylic acids is 1. The molecule has 1 aliphatic rings. The molecule has 2 aromatic carbocycles. The maximum absolute atomic E-state index is 12.5. The van der Waals surface area contributed by atoms with Crippen LogP contribution >= 0.6 is 0 Å². The number of methoxy groups -OCH3 is 1. The number of carbonyl (C=O) groups is 1. The van der Waals surface area contributed by atoms with E-state index in [9.17, 15) is 4.79 Å². The zero-order chi connectivity index (χ0) is 19.6. The molecular weight excluding hydrogens is 358 g/mol. The predicted molar refractivity (Wildman–Crippen MR) is 106 cm³/mol. The number of hydrogen-bond donors (Lipinski definition) is 0. The largest absolute Gasteiger partial charge is 0.459 e. The molecule has 1 heterocycles. The summed E-state index contributed by atoms with van der Waals surface area (Å²) in [5.41, 5.74) is 3.11. The highest BCUT2D eigenvalue weighted by molar-refractivity contribution is 5.75. The predicted octanol–water partition coefficient (Wildman–Crippen LogP) is 2.80. The number of esters is 1. The zero-order valence-electron chi connectivity index (χ0n) is 16.2. The smallest absolute Gasteiger partial charge is 0.336 e. The lowest BCUT2D eigenvalue weighted by atomic mass is 10.1. The third-order valence-corrected chi connectivity index (χ3v) is 4.61. The second kappa shape index (κ2) is 10.8. The second-order valence-electron chi connectivity index (χ2n) is 6.63. The van der Waals surface area contributed by atoms with E-state index in [0.29, 0.717) is 6.42 Å². The van der Waals surface area contributed by atoms with Crippen LogP contribution in [0.5, 0.6) is 0 Å². The van der Waals surface area contributed by atoms with Gasteiger partial charge in [-0.3, -0.25) is 0 Å². The Bertz CT molecular complexity index is 713. The number of hydrogen-bond acceptors (Lipinski definition) is 6. The van der Waals surface area contributed by atoms with E-state index in [0.717, 1.165) is 43.1 Å². The van der Waals surface area contributed by atoms with E-state index in [1.165, 1.54) is 7.11 Å². The fourth-order valence-corrected chi connectivity index (χ4v) is 3.06. The van der Waals surface area contributed by atoms with Crippen molar-refractivity contribution in [3.8, 4) is 0 Å². The van der Waals surface area contributed by atoms with Crippen molar-refractivity contribution in [1.29, 1.82) is 0 Å². The molecule has 0 aliphatic carbocycles. The fraction of sp³-hybridized carbons (Fsp3) is 0.409. The quantitative estimate of drug-likeness (QED) is 0.489. The van der Waals surface area contributed by atoms with Gasteiger partial charge in [-0.15, -0.1) is 0 Å². The maximum atomic E-state index is 12.5. The van der Waals surface area contributed by atoms with Gasteiger partial charge in [0.1, 0.15) is 13.4 Å². The Morgan fingerprint density at radius 2 is 1.75 bits per heavy atom. The Morgan fingerprint density at radius 1 is 1.04 bits per heavy atom. The summed E-state index contributed by atoms with van der Waals surface area (Å²) in [6, 6.07) is 17.8. The van der Waals surface area contributed by atoms with Gasteiger partial charge in [0.15, 0.2) is 6.10 Å². The third-order valence-electron chi connectivity index (χ3n) is 4.61. The molecule has 0 amide bonds. The molecule has 150 valence electrons. The molecule has 6 nitrogen and oxygen atoms in total. The van der Waals surface area contributed by atoms with Gasteiger partial charge in [-0.25, -0.2) is 4.79 Å². The van der Waals surface area contributed by atoms with Crippen LogP contribution in [0.2, 0.25) is 0 Å². The standard InChI is InChI=1S/C22H27NO5/c1-25-17-28-21(22(24)27-16-19-5-3-2-4-6-19)15-18-7-9-20(10-8-18)23-11-13-26-14-12-23/h2-10,21H,11-17H2,1H3/t21-/m1/s1. The van der Waals surface area contributed by atoms with Gasteiger partial charge in [0, 0.05) is 32.3 Å². The minimum Gasteiger partial charge on any atom is -0.459 e. The highest BCUT2D eigenvalue weighted by Gasteiger charge is 2.22. The average Bonchev–Trinajstić information content (AvgIpc) is 2.76. The minimum absolute atomic E-state index is 0.0387.